The number of likely N-dealkylation sites (tertiary alicyclic amines) is 1. The molecule has 0 saturated carbocycles. The summed E-state index contributed by atoms with van der Waals surface area (Å²) in [6.07, 6.45) is 1.89. The summed E-state index contributed by atoms with van der Waals surface area (Å²) < 4.78 is 26.3. The maximum absolute atomic E-state index is 12.6. The van der Waals surface area contributed by atoms with E-state index in [0.717, 1.165) is 28.5 Å². The Balaban J connectivity index is 1.71. The van der Waals surface area contributed by atoms with Gasteiger partial charge in [-0.2, -0.15) is 4.31 Å². The molecule has 3 rings (SSSR count). The van der Waals surface area contributed by atoms with Crippen molar-refractivity contribution < 1.29 is 13.2 Å². The summed E-state index contributed by atoms with van der Waals surface area (Å²) in [5.41, 5.74) is 0. The van der Waals surface area contributed by atoms with Crippen LogP contribution >= 0.6 is 22.7 Å². The Morgan fingerprint density at radius 1 is 1.30 bits per heavy atom. The van der Waals surface area contributed by atoms with Crippen LogP contribution in [0.5, 0.6) is 0 Å². The molecule has 2 aromatic rings. The first-order chi connectivity index (χ1) is 11.0. The van der Waals surface area contributed by atoms with Crippen LogP contribution in [-0.4, -0.2) is 43.7 Å². The second kappa shape index (κ2) is 6.72. The van der Waals surface area contributed by atoms with Crippen molar-refractivity contribution >= 4 is 38.6 Å². The molecule has 124 valence electrons. The van der Waals surface area contributed by atoms with E-state index >= 15 is 0 Å². The highest BCUT2D eigenvalue weighted by Gasteiger charge is 2.33. The van der Waals surface area contributed by atoms with Gasteiger partial charge in [0.1, 0.15) is 4.21 Å². The summed E-state index contributed by atoms with van der Waals surface area (Å²) in [7, 11) is -2.12. The number of hydrogen-bond acceptors (Lipinski definition) is 5. The van der Waals surface area contributed by atoms with Gasteiger partial charge in [-0.3, -0.25) is 4.79 Å². The largest absolute Gasteiger partial charge is 0.334 e. The zero-order chi connectivity index (χ0) is 16.4. The molecule has 0 spiro atoms. The van der Waals surface area contributed by atoms with Gasteiger partial charge in [-0.05, 0) is 35.7 Å². The molecule has 1 aliphatic heterocycles. The van der Waals surface area contributed by atoms with Gasteiger partial charge in [-0.25, -0.2) is 8.42 Å². The highest BCUT2D eigenvalue weighted by atomic mass is 32.2. The van der Waals surface area contributed by atoms with E-state index in [-0.39, 0.29) is 22.7 Å². The van der Waals surface area contributed by atoms with E-state index < -0.39 is 10.0 Å². The molecule has 1 aliphatic rings. The number of hydrogen-bond donors (Lipinski definition) is 0. The van der Waals surface area contributed by atoms with Gasteiger partial charge in [0.05, 0.1) is 12.6 Å². The van der Waals surface area contributed by atoms with Gasteiger partial charge in [0.2, 0.25) is 5.91 Å². The first-order valence-corrected chi connectivity index (χ1v) is 10.5. The Morgan fingerprint density at radius 2 is 2.04 bits per heavy atom. The molecule has 0 radical (unpaired) electrons. The monoisotopic (exact) mass is 370 g/mol. The van der Waals surface area contributed by atoms with Crippen LogP contribution in [-0.2, 0) is 14.8 Å². The van der Waals surface area contributed by atoms with Crippen molar-refractivity contribution in [3.05, 3.63) is 39.9 Å². The molecule has 0 bridgehead atoms. The fraction of sp³-hybridized carbons (Fsp3) is 0.400. The average molecular weight is 371 g/mol. The average Bonchev–Trinajstić information content (AvgIpc) is 3.25. The number of thiophene rings is 2. The van der Waals surface area contributed by atoms with Gasteiger partial charge in [-0.1, -0.05) is 12.1 Å². The molecule has 1 atom stereocenters. The number of rotatable bonds is 5. The van der Waals surface area contributed by atoms with E-state index in [4.69, 9.17) is 0 Å². The van der Waals surface area contributed by atoms with Gasteiger partial charge in [-0.15, -0.1) is 22.7 Å². The normalized spacial score (nSPS) is 18.7. The lowest BCUT2D eigenvalue weighted by Crippen LogP contribution is -2.40. The molecule has 3 heterocycles. The Kier molecular flexibility index (Phi) is 4.86. The van der Waals surface area contributed by atoms with Crippen LogP contribution in [0.25, 0.3) is 0 Å². The third kappa shape index (κ3) is 3.35. The number of carbonyl (C=O) groups excluding carboxylic acids is 1. The topological polar surface area (TPSA) is 57.7 Å². The first kappa shape index (κ1) is 16.6. The van der Waals surface area contributed by atoms with Crippen molar-refractivity contribution in [2.45, 2.75) is 23.1 Å². The van der Waals surface area contributed by atoms with Crippen molar-refractivity contribution in [1.82, 2.24) is 9.21 Å². The molecule has 1 saturated heterocycles. The minimum atomic E-state index is -3.58. The lowest BCUT2D eigenvalue weighted by Gasteiger charge is -2.26. The minimum Gasteiger partial charge on any atom is -0.334 e. The molecule has 8 heteroatoms. The molecular formula is C15H18N2O3S3. The van der Waals surface area contributed by atoms with Gasteiger partial charge >= 0.3 is 0 Å². The van der Waals surface area contributed by atoms with E-state index in [1.807, 2.05) is 22.4 Å². The molecule has 0 N–H and O–H groups in total. The predicted octanol–water partition coefficient (Wildman–Crippen LogP) is 2.79. The van der Waals surface area contributed by atoms with Crippen LogP contribution in [0.1, 0.15) is 23.8 Å². The SMILES string of the molecule is CN(CC(=O)N1CCC[C@@H]1c1cccs1)S(=O)(=O)c1cccs1. The summed E-state index contributed by atoms with van der Waals surface area (Å²) in [4.78, 5) is 15.6. The summed E-state index contributed by atoms with van der Waals surface area (Å²) in [5.74, 6) is -0.136. The minimum absolute atomic E-state index is 0.0836. The first-order valence-electron chi connectivity index (χ1n) is 7.33. The quantitative estimate of drug-likeness (QED) is 0.813. The zero-order valence-electron chi connectivity index (χ0n) is 12.7. The Labute approximate surface area is 144 Å². The lowest BCUT2D eigenvalue weighted by molar-refractivity contribution is -0.132. The van der Waals surface area contributed by atoms with Crippen molar-refractivity contribution in [2.24, 2.45) is 0 Å². The smallest absolute Gasteiger partial charge is 0.252 e. The molecular weight excluding hydrogens is 352 g/mol. The van der Waals surface area contributed by atoms with E-state index in [0.29, 0.717) is 6.54 Å². The highest BCUT2D eigenvalue weighted by molar-refractivity contribution is 7.91. The van der Waals surface area contributed by atoms with Crippen LogP contribution in [0.4, 0.5) is 0 Å². The third-order valence-electron chi connectivity index (χ3n) is 3.96. The van der Waals surface area contributed by atoms with Crippen LogP contribution in [0.2, 0.25) is 0 Å². The van der Waals surface area contributed by atoms with Gasteiger partial charge in [0, 0.05) is 18.5 Å². The third-order valence-corrected chi connectivity index (χ3v) is 8.11. The summed E-state index contributed by atoms with van der Waals surface area (Å²) >= 11 is 2.80. The van der Waals surface area contributed by atoms with E-state index in [2.05, 4.69) is 0 Å². The summed E-state index contributed by atoms with van der Waals surface area (Å²) in [6.45, 7) is 0.566. The molecule has 2 aromatic heterocycles. The molecule has 0 aromatic carbocycles. The predicted molar refractivity (Wildman–Crippen MR) is 92.1 cm³/mol. The van der Waals surface area contributed by atoms with Crippen LogP contribution in [0.3, 0.4) is 0 Å². The summed E-state index contributed by atoms with van der Waals surface area (Å²) in [6, 6.07) is 7.35. The van der Waals surface area contributed by atoms with Gasteiger partial charge < -0.3 is 4.90 Å². The molecule has 1 amide bonds. The lowest BCUT2D eigenvalue weighted by atomic mass is 10.2. The number of amides is 1. The molecule has 0 aliphatic carbocycles. The summed E-state index contributed by atoms with van der Waals surface area (Å²) in [5, 5.41) is 3.72. The Hall–Kier alpha value is -1.22. The second-order valence-electron chi connectivity index (χ2n) is 5.45. The number of nitrogens with zero attached hydrogens (tertiary/aromatic N) is 2. The fourth-order valence-electron chi connectivity index (χ4n) is 2.77. The zero-order valence-corrected chi connectivity index (χ0v) is 15.2. The van der Waals surface area contributed by atoms with Crippen LogP contribution in [0, 0.1) is 0 Å². The number of sulfonamides is 1. The van der Waals surface area contributed by atoms with Gasteiger partial charge in [0.25, 0.3) is 10.0 Å². The standard InChI is InChI=1S/C15H18N2O3S3/c1-16(23(19,20)15-7-4-10-22-15)11-14(18)17-8-2-5-12(17)13-6-3-9-21-13/h3-4,6-7,9-10,12H,2,5,8,11H2,1H3/t12-/m1/s1. The number of carbonyl (C=O) groups is 1. The Morgan fingerprint density at radius 3 is 2.70 bits per heavy atom. The molecule has 1 fully saturated rings. The second-order valence-corrected chi connectivity index (χ2v) is 9.65. The van der Waals surface area contributed by atoms with Crippen molar-refractivity contribution in [2.75, 3.05) is 20.1 Å². The maximum Gasteiger partial charge on any atom is 0.252 e. The maximum atomic E-state index is 12.6. The van der Waals surface area contributed by atoms with E-state index in [9.17, 15) is 13.2 Å². The van der Waals surface area contributed by atoms with Gasteiger partial charge in [0.15, 0.2) is 0 Å². The van der Waals surface area contributed by atoms with E-state index in [1.54, 1.807) is 28.8 Å². The molecule has 5 nitrogen and oxygen atoms in total. The highest BCUT2D eigenvalue weighted by Crippen LogP contribution is 2.34. The fourth-order valence-corrected chi connectivity index (χ4v) is 5.97. The molecule has 0 unspecified atom stereocenters. The van der Waals surface area contributed by atoms with Crippen molar-refractivity contribution in [3.8, 4) is 0 Å². The Bertz CT molecular complexity index is 754. The number of likely N-dealkylation sites (N-methyl/N-ethyl adjacent to an activating group) is 1. The van der Waals surface area contributed by atoms with Crippen molar-refractivity contribution in [3.63, 3.8) is 0 Å². The van der Waals surface area contributed by atoms with Crippen LogP contribution < -0.4 is 0 Å². The van der Waals surface area contributed by atoms with Crippen LogP contribution in [0.15, 0.2) is 39.2 Å². The van der Waals surface area contributed by atoms with Crippen molar-refractivity contribution in [1.29, 1.82) is 0 Å². The van der Waals surface area contributed by atoms with E-state index in [1.165, 1.54) is 11.9 Å². The molecule has 23 heavy (non-hydrogen) atoms.